The summed E-state index contributed by atoms with van der Waals surface area (Å²) >= 11 is 0. The van der Waals surface area contributed by atoms with Crippen LogP contribution >= 0.6 is 0 Å². The summed E-state index contributed by atoms with van der Waals surface area (Å²) in [6, 6.07) is 10.4. The summed E-state index contributed by atoms with van der Waals surface area (Å²) in [5.41, 5.74) is 2.39. The third-order valence-electron chi connectivity index (χ3n) is 2.72. The van der Waals surface area contributed by atoms with Crippen molar-refractivity contribution in [2.24, 2.45) is 0 Å². The zero-order valence-corrected chi connectivity index (χ0v) is 8.92. The lowest BCUT2D eigenvalue weighted by atomic mass is 10.2. The standard InChI is InChI=1S/C12H11N3O/c1-9-6-10-4-2-3-5-11(10)15(9)7-12-13-8-14-16-12/h2-6,8H,7H2,1H3. The molecule has 0 aliphatic carbocycles. The van der Waals surface area contributed by atoms with Crippen LogP contribution in [0.4, 0.5) is 0 Å². The number of para-hydroxylation sites is 1. The smallest absolute Gasteiger partial charge is 0.246 e. The fourth-order valence-electron chi connectivity index (χ4n) is 1.96. The van der Waals surface area contributed by atoms with Crippen LogP contribution in [0.15, 0.2) is 41.2 Å². The summed E-state index contributed by atoms with van der Waals surface area (Å²) < 4.78 is 7.20. The van der Waals surface area contributed by atoms with Crippen LogP contribution in [0.1, 0.15) is 11.6 Å². The third-order valence-corrected chi connectivity index (χ3v) is 2.72. The number of hydrogen-bond donors (Lipinski definition) is 0. The second kappa shape index (κ2) is 3.48. The lowest BCUT2D eigenvalue weighted by Gasteiger charge is -2.04. The van der Waals surface area contributed by atoms with Crippen molar-refractivity contribution < 1.29 is 4.52 Å². The molecule has 16 heavy (non-hydrogen) atoms. The van der Waals surface area contributed by atoms with Crippen molar-refractivity contribution in [1.82, 2.24) is 14.7 Å². The summed E-state index contributed by atoms with van der Waals surface area (Å²) in [6.45, 7) is 2.70. The molecule has 0 unspecified atom stereocenters. The number of nitrogens with zero attached hydrogens (tertiary/aromatic N) is 3. The molecular formula is C12H11N3O. The van der Waals surface area contributed by atoms with Crippen molar-refractivity contribution in [2.75, 3.05) is 0 Å². The molecule has 2 heterocycles. The largest absolute Gasteiger partial charge is 0.338 e. The van der Waals surface area contributed by atoms with Crippen LogP contribution in [0.3, 0.4) is 0 Å². The lowest BCUT2D eigenvalue weighted by Crippen LogP contribution is -2.01. The normalized spacial score (nSPS) is 11.1. The highest BCUT2D eigenvalue weighted by Gasteiger charge is 2.07. The quantitative estimate of drug-likeness (QED) is 0.656. The van der Waals surface area contributed by atoms with Gasteiger partial charge in [0.15, 0.2) is 6.33 Å². The van der Waals surface area contributed by atoms with E-state index in [9.17, 15) is 0 Å². The highest BCUT2D eigenvalue weighted by molar-refractivity contribution is 5.81. The van der Waals surface area contributed by atoms with E-state index in [1.54, 1.807) is 0 Å². The number of benzene rings is 1. The van der Waals surface area contributed by atoms with Gasteiger partial charge in [-0.2, -0.15) is 4.98 Å². The fraction of sp³-hybridized carbons (Fsp3) is 0.167. The molecule has 1 aromatic carbocycles. The van der Waals surface area contributed by atoms with Gasteiger partial charge in [-0.3, -0.25) is 0 Å². The maximum atomic E-state index is 5.03. The zero-order chi connectivity index (χ0) is 11.0. The van der Waals surface area contributed by atoms with Gasteiger partial charge in [0.05, 0.1) is 0 Å². The molecule has 0 fully saturated rings. The second-order valence-corrected chi connectivity index (χ2v) is 3.77. The number of fused-ring (bicyclic) bond motifs is 1. The van der Waals surface area contributed by atoms with E-state index < -0.39 is 0 Å². The molecule has 0 aliphatic rings. The number of aromatic nitrogens is 3. The van der Waals surface area contributed by atoms with E-state index in [4.69, 9.17) is 4.52 Å². The average Bonchev–Trinajstić information content (AvgIpc) is 2.89. The van der Waals surface area contributed by atoms with Crippen LogP contribution in [0.2, 0.25) is 0 Å². The van der Waals surface area contributed by atoms with E-state index in [-0.39, 0.29) is 0 Å². The third kappa shape index (κ3) is 1.39. The maximum Gasteiger partial charge on any atom is 0.246 e. The minimum Gasteiger partial charge on any atom is -0.338 e. The van der Waals surface area contributed by atoms with E-state index in [1.165, 1.54) is 22.9 Å². The Labute approximate surface area is 92.5 Å². The molecule has 80 valence electrons. The Bertz CT molecular complexity index is 610. The first kappa shape index (κ1) is 9.15. The summed E-state index contributed by atoms with van der Waals surface area (Å²) in [5.74, 6) is 0.629. The van der Waals surface area contributed by atoms with E-state index >= 15 is 0 Å². The van der Waals surface area contributed by atoms with E-state index in [2.05, 4.69) is 39.8 Å². The molecule has 0 amide bonds. The molecule has 3 rings (SSSR count). The van der Waals surface area contributed by atoms with Gasteiger partial charge in [-0.1, -0.05) is 23.4 Å². The summed E-state index contributed by atoms with van der Waals surface area (Å²) in [7, 11) is 0. The molecule has 0 radical (unpaired) electrons. The molecule has 2 aromatic heterocycles. The first-order valence-corrected chi connectivity index (χ1v) is 5.15. The Balaban J connectivity index is 2.12. The minimum absolute atomic E-state index is 0.624. The van der Waals surface area contributed by atoms with Crippen molar-refractivity contribution >= 4 is 10.9 Å². The zero-order valence-electron chi connectivity index (χ0n) is 8.92. The highest BCUT2D eigenvalue weighted by atomic mass is 16.5. The van der Waals surface area contributed by atoms with Crippen molar-refractivity contribution in [3.8, 4) is 0 Å². The molecule has 3 aromatic rings. The predicted octanol–water partition coefficient (Wildman–Crippen LogP) is 2.38. The van der Waals surface area contributed by atoms with Gasteiger partial charge in [-0.15, -0.1) is 0 Å². The highest BCUT2D eigenvalue weighted by Crippen LogP contribution is 2.19. The Morgan fingerprint density at radius 2 is 2.19 bits per heavy atom. The molecule has 0 saturated carbocycles. The van der Waals surface area contributed by atoms with Gasteiger partial charge in [0, 0.05) is 11.2 Å². The fourth-order valence-corrected chi connectivity index (χ4v) is 1.96. The van der Waals surface area contributed by atoms with E-state index in [1.807, 2.05) is 12.1 Å². The van der Waals surface area contributed by atoms with Gasteiger partial charge in [-0.25, -0.2) is 0 Å². The van der Waals surface area contributed by atoms with Crippen molar-refractivity contribution in [2.45, 2.75) is 13.5 Å². The molecule has 0 N–H and O–H groups in total. The number of aryl methyl sites for hydroxylation is 1. The monoisotopic (exact) mass is 213 g/mol. The van der Waals surface area contributed by atoms with Crippen molar-refractivity contribution in [3.63, 3.8) is 0 Å². The molecule has 0 bridgehead atoms. The first-order chi connectivity index (χ1) is 7.84. The van der Waals surface area contributed by atoms with Gasteiger partial charge in [-0.05, 0) is 24.4 Å². The molecule has 4 nitrogen and oxygen atoms in total. The van der Waals surface area contributed by atoms with Gasteiger partial charge in [0.25, 0.3) is 0 Å². The van der Waals surface area contributed by atoms with E-state index in [0.717, 1.165) is 0 Å². The van der Waals surface area contributed by atoms with Gasteiger partial charge < -0.3 is 9.09 Å². The van der Waals surface area contributed by atoms with Crippen molar-refractivity contribution in [1.29, 1.82) is 0 Å². The summed E-state index contributed by atoms with van der Waals surface area (Å²) in [6.07, 6.45) is 1.43. The summed E-state index contributed by atoms with van der Waals surface area (Å²) in [4.78, 5) is 4.04. The first-order valence-electron chi connectivity index (χ1n) is 5.15. The van der Waals surface area contributed by atoms with Crippen LogP contribution in [0, 0.1) is 6.92 Å². The van der Waals surface area contributed by atoms with Crippen molar-refractivity contribution in [3.05, 3.63) is 48.2 Å². The molecule has 4 heteroatoms. The maximum absolute atomic E-state index is 5.03. The topological polar surface area (TPSA) is 43.9 Å². The van der Waals surface area contributed by atoms with Crippen LogP contribution < -0.4 is 0 Å². The number of hydrogen-bond acceptors (Lipinski definition) is 3. The van der Waals surface area contributed by atoms with Gasteiger partial charge in [0.2, 0.25) is 5.89 Å². The summed E-state index contributed by atoms with van der Waals surface area (Å²) in [5, 5.41) is 4.85. The number of rotatable bonds is 2. The van der Waals surface area contributed by atoms with Crippen LogP contribution in [-0.2, 0) is 6.54 Å². The molecule has 0 atom stereocenters. The van der Waals surface area contributed by atoms with Gasteiger partial charge >= 0.3 is 0 Å². The molecule has 0 spiro atoms. The Morgan fingerprint density at radius 1 is 1.31 bits per heavy atom. The van der Waals surface area contributed by atoms with Crippen LogP contribution in [0.5, 0.6) is 0 Å². The predicted molar refractivity (Wildman–Crippen MR) is 60.1 cm³/mol. The molecule has 0 aliphatic heterocycles. The van der Waals surface area contributed by atoms with E-state index in [0.29, 0.717) is 12.4 Å². The Kier molecular flexibility index (Phi) is 1.99. The lowest BCUT2D eigenvalue weighted by molar-refractivity contribution is 0.371. The Hall–Kier alpha value is -2.10. The Morgan fingerprint density at radius 3 is 3.00 bits per heavy atom. The SMILES string of the molecule is Cc1cc2ccccc2n1Cc1ncno1. The molecular weight excluding hydrogens is 202 g/mol. The minimum atomic E-state index is 0.624. The van der Waals surface area contributed by atoms with Crippen LogP contribution in [0.25, 0.3) is 10.9 Å². The van der Waals surface area contributed by atoms with Crippen LogP contribution in [-0.4, -0.2) is 14.7 Å². The average molecular weight is 213 g/mol. The second-order valence-electron chi connectivity index (χ2n) is 3.77. The molecule has 0 saturated heterocycles. The van der Waals surface area contributed by atoms with Gasteiger partial charge in [0.1, 0.15) is 6.54 Å².